The Bertz CT molecular complexity index is 533. The van der Waals surface area contributed by atoms with E-state index in [1.807, 2.05) is 30.6 Å². The first-order chi connectivity index (χ1) is 7.58. The van der Waals surface area contributed by atoms with Crippen molar-refractivity contribution in [3.8, 4) is 0 Å². The molecule has 5 heteroatoms. The maximum absolute atomic E-state index is 11.9. The first kappa shape index (κ1) is 11.1. The standard InChI is InChI=1S/C11H12BrN3O/c1-7(2)14-11(16)9-5-8(12)6-15-4-3-13-10(9)15/h3-7H,1-2H3,(H,14,16). The first-order valence-corrected chi connectivity index (χ1v) is 5.80. The molecule has 2 rings (SSSR count). The number of fused-ring (bicyclic) bond motifs is 1. The Morgan fingerprint density at radius 1 is 1.56 bits per heavy atom. The summed E-state index contributed by atoms with van der Waals surface area (Å²) in [6.07, 6.45) is 5.36. The molecule has 0 bridgehead atoms. The van der Waals surface area contributed by atoms with Gasteiger partial charge < -0.3 is 9.72 Å². The smallest absolute Gasteiger partial charge is 0.255 e. The zero-order valence-electron chi connectivity index (χ0n) is 9.07. The zero-order valence-corrected chi connectivity index (χ0v) is 10.7. The van der Waals surface area contributed by atoms with E-state index in [2.05, 4.69) is 26.2 Å². The van der Waals surface area contributed by atoms with E-state index in [4.69, 9.17) is 0 Å². The molecular formula is C11H12BrN3O. The molecule has 0 radical (unpaired) electrons. The summed E-state index contributed by atoms with van der Waals surface area (Å²) in [5, 5.41) is 2.86. The molecule has 2 heterocycles. The van der Waals surface area contributed by atoms with Gasteiger partial charge in [-0.2, -0.15) is 0 Å². The lowest BCUT2D eigenvalue weighted by Crippen LogP contribution is -2.30. The van der Waals surface area contributed by atoms with Crippen LogP contribution < -0.4 is 5.32 Å². The molecule has 84 valence electrons. The van der Waals surface area contributed by atoms with Crippen LogP contribution in [0.1, 0.15) is 24.2 Å². The summed E-state index contributed by atoms with van der Waals surface area (Å²) < 4.78 is 2.67. The third-order valence-corrected chi connectivity index (χ3v) is 2.55. The van der Waals surface area contributed by atoms with Crippen LogP contribution in [0.5, 0.6) is 0 Å². The average molecular weight is 282 g/mol. The van der Waals surface area contributed by atoms with Gasteiger partial charge in [-0.3, -0.25) is 4.79 Å². The van der Waals surface area contributed by atoms with Gasteiger partial charge in [0.15, 0.2) is 0 Å². The van der Waals surface area contributed by atoms with E-state index < -0.39 is 0 Å². The monoisotopic (exact) mass is 281 g/mol. The minimum atomic E-state index is -0.104. The molecule has 1 N–H and O–H groups in total. The Morgan fingerprint density at radius 2 is 2.31 bits per heavy atom. The quantitative estimate of drug-likeness (QED) is 0.918. The van der Waals surface area contributed by atoms with E-state index in [1.165, 1.54) is 0 Å². The highest BCUT2D eigenvalue weighted by Gasteiger charge is 2.13. The van der Waals surface area contributed by atoms with E-state index in [0.717, 1.165) is 4.47 Å². The molecule has 1 amide bonds. The van der Waals surface area contributed by atoms with Crippen molar-refractivity contribution in [2.45, 2.75) is 19.9 Å². The third kappa shape index (κ3) is 2.09. The van der Waals surface area contributed by atoms with Gasteiger partial charge >= 0.3 is 0 Å². The fourth-order valence-electron chi connectivity index (χ4n) is 1.51. The van der Waals surface area contributed by atoms with Gasteiger partial charge in [0.05, 0.1) is 5.56 Å². The largest absolute Gasteiger partial charge is 0.350 e. The summed E-state index contributed by atoms with van der Waals surface area (Å²) in [6.45, 7) is 3.86. The number of imidazole rings is 1. The van der Waals surface area contributed by atoms with Gasteiger partial charge in [-0.25, -0.2) is 4.98 Å². The summed E-state index contributed by atoms with van der Waals surface area (Å²) >= 11 is 3.37. The second-order valence-corrected chi connectivity index (χ2v) is 4.77. The molecule has 0 saturated carbocycles. The van der Waals surface area contributed by atoms with Gasteiger partial charge in [0.2, 0.25) is 0 Å². The second kappa shape index (κ2) is 4.25. The second-order valence-electron chi connectivity index (χ2n) is 3.86. The Hall–Kier alpha value is -1.36. The molecule has 0 aliphatic rings. The number of carbonyl (C=O) groups excluding carboxylic acids is 1. The Kier molecular flexibility index (Phi) is 2.96. The Labute approximate surface area is 102 Å². The van der Waals surface area contributed by atoms with Crippen LogP contribution in [0.2, 0.25) is 0 Å². The fraction of sp³-hybridized carbons (Fsp3) is 0.273. The van der Waals surface area contributed by atoms with Crippen LogP contribution in [0.15, 0.2) is 29.1 Å². The van der Waals surface area contributed by atoms with E-state index in [0.29, 0.717) is 11.2 Å². The predicted molar refractivity (Wildman–Crippen MR) is 65.5 cm³/mol. The molecule has 0 aliphatic carbocycles. The predicted octanol–water partition coefficient (Wildman–Crippen LogP) is 2.24. The maximum atomic E-state index is 11.9. The Balaban J connectivity index is 2.50. The van der Waals surface area contributed by atoms with E-state index in [1.54, 1.807) is 12.3 Å². The number of carbonyl (C=O) groups is 1. The lowest BCUT2D eigenvalue weighted by molar-refractivity contribution is 0.0944. The van der Waals surface area contributed by atoms with Crippen molar-refractivity contribution in [2.24, 2.45) is 0 Å². The molecule has 0 aliphatic heterocycles. The van der Waals surface area contributed by atoms with Crippen molar-refractivity contribution in [3.05, 3.63) is 34.7 Å². The fourth-order valence-corrected chi connectivity index (χ4v) is 1.95. The van der Waals surface area contributed by atoms with Crippen LogP contribution >= 0.6 is 15.9 Å². The molecule has 0 fully saturated rings. The highest BCUT2D eigenvalue weighted by molar-refractivity contribution is 9.10. The van der Waals surface area contributed by atoms with Crippen LogP contribution in [0.4, 0.5) is 0 Å². The minimum absolute atomic E-state index is 0.104. The summed E-state index contributed by atoms with van der Waals surface area (Å²) in [6, 6.07) is 1.89. The topological polar surface area (TPSA) is 46.4 Å². The summed E-state index contributed by atoms with van der Waals surface area (Å²) in [5.41, 5.74) is 1.24. The van der Waals surface area contributed by atoms with Crippen molar-refractivity contribution in [1.82, 2.24) is 14.7 Å². The molecule has 0 aromatic carbocycles. The van der Waals surface area contributed by atoms with Crippen molar-refractivity contribution < 1.29 is 4.79 Å². The van der Waals surface area contributed by atoms with E-state index in [-0.39, 0.29) is 11.9 Å². The summed E-state index contributed by atoms with van der Waals surface area (Å²) in [7, 11) is 0. The SMILES string of the molecule is CC(C)NC(=O)c1cc(Br)cn2ccnc12. The molecular weight excluding hydrogens is 270 g/mol. The van der Waals surface area contributed by atoms with Gasteiger partial charge in [0.1, 0.15) is 5.65 Å². The highest BCUT2D eigenvalue weighted by atomic mass is 79.9. The highest BCUT2D eigenvalue weighted by Crippen LogP contribution is 2.16. The zero-order chi connectivity index (χ0) is 11.7. The number of halogens is 1. The molecule has 2 aromatic heterocycles. The van der Waals surface area contributed by atoms with Gasteiger partial charge in [-0.1, -0.05) is 0 Å². The summed E-state index contributed by atoms with van der Waals surface area (Å²) in [4.78, 5) is 16.1. The minimum Gasteiger partial charge on any atom is -0.350 e. The maximum Gasteiger partial charge on any atom is 0.255 e. The van der Waals surface area contributed by atoms with Crippen molar-refractivity contribution in [1.29, 1.82) is 0 Å². The van der Waals surface area contributed by atoms with Crippen LogP contribution in [0.25, 0.3) is 5.65 Å². The van der Waals surface area contributed by atoms with Crippen molar-refractivity contribution >= 4 is 27.5 Å². The number of rotatable bonds is 2. The van der Waals surface area contributed by atoms with Crippen LogP contribution in [0.3, 0.4) is 0 Å². The molecule has 4 nitrogen and oxygen atoms in total. The van der Waals surface area contributed by atoms with Gasteiger partial charge in [-0.15, -0.1) is 0 Å². The third-order valence-electron chi connectivity index (χ3n) is 2.12. The van der Waals surface area contributed by atoms with Crippen LogP contribution in [-0.2, 0) is 0 Å². The van der Waals surface area contributed by atoms with Gasteiger partial charge in [0.25, 0.3) is 5.91 Å². The number of aromatic nitrogens is 2. The number of nitrogens with zero attached hydrogens (tertiary/aromatic N) is 2. The van der Waals surface area contributed by atoms with Crippen LogP contribution in [-0.4, -0.2) is 21.3 Å². The van der Waals surface area contributed by atoms with Crippen LogP contribution in [0, 0.1) is 0 Å². The lowest BCUT2D eigenvalue weighted by Gasteiger charge is -2.09. The normalized spacial score (nSPS) is 11.0. The number of amides is 1. The van der Waals surface area contributed by atoms with E-state index >= 15 is 0 Å². The van der Waals surface area contributed by atoms with Gasteiger partial charge in [-0.05, 0) is 35.8 Å². The van der Waals surface area contributed by atoms with Crippen molar-refractivity contribution in [3.63, 3.8) is 0 Å². The van der Waals surface area contributed by atoms with Gasteiger partial charge in [0, 0.05) is 29.1 Å². The molecule has 0 spiro atoms. The Morgan fingerprint density at radius 3 is 3.00 bits per heavy atom. The summed E-state index contributed by atoms with van der Waals surface area (Å²) in [5.74, 6) is -0.104. The molecule has 16 heavy (non-hydrogen) atoms. The van der Waals surface area contributed by atoms with Crippen molar-refractivity contribution in [2.75, 3.05) is 0 Å². The number of hydrogen-bond donors (Lipinski definition) is 1. The molecule has 2 aromatic rings. The van der Waals surface area contributed by atoms with E-state index in [9.17, 15) is 4.79 Å². The number of nitrogens with one attached hydrogen (secondary N) is 1. The molecule has 0 saturated heterocycles. The average Bonchev–Trinajstić information content (AvgIpc) is 2.62. The molecule has 0 atom stereocenters. The molecule has 0 unspecified atom stereocenters. The number of pyridine rings is 1. The first-order valence-electron chi connectivity index (χ1n) is 5.01. The lowest BCUT2D eigenvalue weighted by atomic mass is 10.2. The number of hydrogen-bond acceptors (Lipinski definition) is 2.